The Kier molecular flexibility index (Phi) is 4.74. The monoisotopic (exact) mass is 265 g/mol. The maximum atomic E-state index is 13.0. The van der Waals surface area contributed by atoms with Gasteiger partial charge in [-0.2, -0.15) is 0 Å². The van der Waals surface area contributed by atoms with Crippen LogP contribution in [0, 0.1) is 5.82 Å². The highest BCUT2D eigenvalue weighted by Crippen LogP contribution is 2.16. The van der Waals surface area contributed by atoms with Gasteiger partial charge in [0.1, 0.15) is 5.82 Å². The second kappa shape index (κ2) is 6.52. The largest absolute Gasteiger partial charge is 0.396 e. The lowest BCUT2D eigenvalue weighted by Gasteiger charge is -2.13. The van der Waals surface area contributed by atoms with Crippen LogP contribution in [0.3, 0.4) is 0 Å². The van der Waals surface area contributed by atoms with Crippen molar-refractivity contribution >= 4 is 17.3 Å². The van der Waals surface area contributed by atoms with E-state index in [1.807, 2.05) is 0 Å². The van der Waals surface area contributed by atoms with Crippen LogP contribution in [-0.4, -0.2) is 30.4 Å². The number of halogens is 1. The Bertz CT molecular complexity index is 444. The number of likely N-dealkylation sites (tertiary alicyclic amines) is 1. The van der Waals surface area contributed by atoms with Gasteiger partial charge in [-0.15, -0.1) is 0 Å². The molecule has 0 atom stereocenters. The van der Waals surface area contributed by atoms with E-state index in [4.69, 9.17) is 5.73 Å². The Labute approximate surface area is 112 Å². The van der Waals surface area contributed by atoms with Crippen LogP contribution in [0.2, 0.25) is 0 Å². The SMILES string of the molecule is Nc1cc(NC(=O)CCCN2CCCC2)ccc1F. The number of nitrogens with two attached hydrogens (primary N) is 1. The lowest BCUT2D eigenvalue weighted by molar-refractivity contribution is -0.116. The molecule has 1 aromatic carbocycles. The summed E-state index contributed by atoms with van der Waals surface area (Å²) in [6.45, 7) is 3.27. The maximum Gasteiger partial charge on any atom is 0.224 e. The molecule has 2 rings (SSSR count). The van der Waals surface area contributed by atoms with Crippen LogP contribution < -0.4 is 11.1 Å². The van der Waals surface area contributed by atoms with Gasteiger partial charge < -0.3 is 16.0 Å². The van der Waals surface area contributed by atoms with Crippen molar-refractivity contribution in [1.29, 1.82) is 0 Å². The predicted octanol–water partition coefficient (Wildman–Crippen LogP) is 2.22. The van der Waals surface area contributed by atoms with Crippen LogP contribution in [0.4, 0.5) is 15.8 Å². The molecule has 19 heavy (non-hydrogen) atoms. The highest BCUT2D eigenvalue weighted by atomic mass is 19.1. The van der Waals surface area contributed by atoms with Crippen LogP contribution in [0.1, 0.15) is 25.7 Å². The molecule has 0 aromatic heterocycles. The van der Waals surface area contributed by atoms with E-state index in [1.54, 1.807) is 0 Å². The van der Waals surface area contributed by atoms with E-state index in [9.17, 15) is 9.18 Å². The number of amides is 1. The zero-order valence-electron chi connectivity index (χ0n) is 11.0. The molecule has 4 nitrogen and oxygen atoms in total. The summed E-state index contributed by atoms with van der Waals surface area (Å²) in [5, 5.41) is 2.73. The van der Waals surface area contributed by atoms with Crippen molar-refractivity contribution in [3.63, 3.8) is 0 Å². The van der Waals surface area contributed by atoms with Crippen molar-refractivity contribution in [2.75, 3.05) is 30.7 Å². The summed E-state index contributed by atoms with van der Waals surface area (Å²) in [5.74, 6) is -0.516. The summed E-state index contributed by atoms with van der Waals surface area (Å²) < 4.78 is 13.0. The highest BCUT2D eigenvalue weighted by Gasteiger charge is 2.11. The third-order valence-electron chi connectivity index (χ3n) is 3.36. The van der Waals surface area contributed by atoms with Gasteiger partial charge in [0.15, 0.2) is 0 Å². The van der Waals surface area contributed by atoms with Crippen LogP contribution in [0.5, 0.6) is 0 Å². The quantitative estimate of drug-likeness (QED) is 0.803. The number of benzene rings is 1. The fourth-order valence-corrected chi connectivity index (χ4v) is 2.31. The zero-order valence-corrected chi connectivity index (χ0v) is 11.0. The second-order valence-corrected chi connectivity index (χ2v) is 4.94. The van der Waals surface area contributed by atoms with Gasteiger partial charge in [-0.1, -0.05) is 0 Å². The average Bonchev–Trinajstić information content (AvgIpc) is 2.87. The summed E-state index contributed by atoms with van der Waals surface area (Å²) in [4.78, 5) is 14.1. The normalized spacial score (nSPS) is 15.6. The Balaban J connectivity index is 1.72. The summed E-state index contributed by atoms with van der Waals surface area (Å²) in [6.07, 6.45) is 3.86. The number of nitrogens with one attached hydrogen (secondary N) is 1. The van der Waals surface area contributed by atoms with E-state index in [1.165, 1.54) is 31.0 Å². The van der Waals surface area contributed by atoms with Gasteiger partial charge in [-0.25, -0.2) is 4.39 Å². The van der Waals surface area contributed by atoms with E-state index in [0.29, 0.717) is 12.1 Å². The number of carbonyl (C=O) groups excluding carboxylic acids is 1. The third-order valence-corrected chi connectivity index (χ3v) is 3.36. The van der Waals surface area contributed by atoms with E-state index in [2.05, 4.69) is 10.2 Å². The van der Waals surface area contributed by atoms with Crippen LogP contribution in [0.15, 0.2) is 18.2 Å². The van der Waals surface area contributed by atoms with Crippen molar-refractivity contribution in [2.45, 2.75) is 25.7 Å². The molecular weight excluding hydrogens is 245 g/mol. The molecule has 0 aliphatic carbocycles. The number of nitrogen functional groups attached to an aromatic ring is 1. The first kappa shape index (κ1) is 13.8. The molecule has 3 N–H and O–H groups in total. The standard InChI is InChI=1S/C14H20FN3O/c15-12-6-5-11(10-13(12)16)17-14(19)4-3-9-18-7-1-2-8-18/h5-6,10H,1-4,7-9,16H2,(H,17,19). The Morgan fingerprint density at radius 3 is 2.79 bits per heavy atom. The predicted molar refractivity (Wildman–Crippen MR) is 74.4 cm³/mol. The lowest BCUT2D eigenvalue weighted by Crippen LogP contribution is -2.22. The zero-order chi connectivity index (χ0) is 13.7. The van der Waals surface area contributed by atoms with Gasteiger partial charge >= 0.3 is 0 Å². The molecule has 0 unspecified atom stereocenters. The van der Waals surface area contributed by atoms with Gasteiger partial charge in [-0.05, 0) is 57.1 Å². The van der Waals surface area contributed by atoms with Crippen LogP contribution in [0.25, 0.3) is 0 Å². The van der Waals surface area contributed by atoms with E-state index in [-0.39, 0.29) is 11.6 Å². The minimum absolute atomic E-state index is 0.0507. The Morgan fingerprint density at radius 2 is 2.11 bits per heavy atom. The molecule has 0 bridgehead atoms. The fourth-order valence-electron chi connectivity index (χ4n) is 2.31. The van der Waals surface area contributed by atoms with Crippen molar-refractivity contribution in [1.82, 2.24) is 4.90 Å². The number of nitrogens with zero attached hydrogens (tertiary/aromatic N) is 1. The van der Waals surface area contributed by atoms with E-state index in [0.717, 1.165) is 26.1 Å². The first-order valence-electron chi connectivity index (χ1n) is 6.72. The molecule has 5 heteroatoms. The molecule has 1 heterocycles. The van der Waals surface area contributed by atoms with Gasteiger partial charge in [0.2, 0.25) is 5.91 Å². The number of anilines is 2. The molecule has 1 aliphatic rings. The summed E-state index contributed by atoms with van der Waals surface area (Å²) in [7, 11) is 0. The molecule has 0 radical (unpaired) electrons. The van der Waals surface area contributed by atoms with Gasteiger partial charge in [0, 0.05) is 12.1 Å². The van der Waals surface area contributed by atoms with Crippen molar-refractivity contribution in [3.05, 3.63) is 24.0 Å². The summed E-state index contributed by atoms with van der Waals surface area (Å²) >= 11 is 0. The maximum absolute atomic E-state index is 13.0. The molecule has 1 aromatic rings. The molecule has 0 saturated carbocycles. The molecule has 1 amide bonds. The lowest BCUT2D eigenvalue weighted by atomic mass is 10.2. The van der Waals surface area contributed by atoms with Gasteiger partial charge in [-0.3, -0.25) is 4.79 Å². The molecule has 104 valence electrons. The van der Waals surface area contributed by atoms with Crippen molar-refractivity contribution < 1.29 is 9.18 Å². The molecule has 1 aliphatic heterocycles. The minimum Gasteiger partial charge on any atom is -0.396 e. The van der Waals surface area contributed by atoms with Crippen molar-refractivity contribution in [2.24, 2.45) is 0 Å². The number of rotatable bonds is 5. The van der Waals surface area contributed by atoms with Gasteiger partial charge in [0.05, 0.1) is 5.69 Å². The average molecular weight is 265 g/mol. The second-order valence-electron chi connectivity index (χ2n) is 4.94. The number of carbonyl (C=O) groups is 1. The topological polar surface area (TPSA) is 58.4 Å². The van der Waals surface area contributed by atoms with Crippen molar-refractivity contribution in [3.8, 4) is 0 Å². The highest BCUT2D eigenvalue weighted by molar-refractivity contribution is 5.91. The number of hydrogen-bond donors (Lipinski definition) is 2. The summed E-state index contributed by atoms with van der Waals surface area (Å²) in [6, 6.07) is 4.22. The molecule has 1 saturated heterocycles. The van der Waals surface area contributed by atoms with E-state index >= 15 is 0 Å². The molecule has 1 fully saturated rings. The number of hydrogen-bond acceptors (Lipinski definition) is 3. The Hall–Kier alpha value is -1.62. The summed E-state index contributed by atoms with van der Waals surface area (Å²) in [5.41, 5.74) is 6.04. The third kappa shape index (κ3) is 4.21. The first-order valence-corrected chi connectivity index (χ1v) is 6.72. The fraction of sp³-hybridized carbons (Fsp3) is 0.500. The van der Waals surface area contributed by atoms with Gasteiger partial charge in [0.25, 0.3) is 0 Å². The first-order chi connectivity index (χ1) is 9.15. The van der Waals surface area contributed by atoms with Crippen LogP contribution >= 0.6 is 0 Å². The van der Waals surface area contributed by atoms with E-state index < -0.39 is 5.82 Å². The van der Waals surface area contributed by atoms with Crippen LogP contribution in [-0.2, 0) is 4.79 Å². The smallest absolute Gasteiger partial charge is 0.224 e. The molecule has 0 spiro atoms. The Morgan fingerprint density at radius 1 is 1.37 bits per heavy atom. The minimum atomic E-state index is -0.466. The molecular formula is C14H20FN3O.